The van der Waals surface area contributed by atoms with E-state index < -0.39 is 12.1 Å². The molecule has 23 heavy (non-hydrogen) atoms. The second-order valence-electron chi connectivity index (χ2n) is 5.08. The summed E-state index contributed by atoms with van der Waals surface area (Å²) in [5.41, 5.74) is 1.58. The summed E-state index contributed by atoms with van der Waals surface area (Å²) in [6.07, 6.45) is 1.41. The first-order valence-corrected chi connectivity index (χ1v) is 7.28. The van der Waals surface area contributed by atoms with Crippen LogP contribution in [-0.2, 0) is 0 Å². The van der Waals surface area contributed by atoms with Crippen molar-refractivity contribution in [2.45, 2.75) is 6.04 Å². The molecule has 5 nitrogen and oxygen atoms in total. The van der Waals surface area contributed by atoms with E-state index in [1.165, 1.54) is 18.3 Å². The molecule has 3 rings (SSSR count). The number of aromatic hydroxyl groups is 1. The fraction of sp³-hybridized carbons (Fsp3) is 0.0588. The summed E-state index contributed by atoms with van der Waals surface area (Å²) in [6.45, 7) is 0. The number of nitrogens with one attached hydrogen (secondary N) is 2. The SMILES string of the molecule is O=C1NC=C(C(=O)c2ccc(Cl)cc2)C(c2ccc(O)cc2)N1. The van der Waals surface area contributed by atoms with Gasteiger partial charge in [0.05, 0.1) is 6.04 Å². The lowest BCUT2D eigenvalue weighted by molar-refractivity contribution is 0.102. The smallest absolute Gasteiger partial charge is 0.319 e. The quantitative estimate of drug-likeness (QED) is 0.757. The molecule has 2 amide bonds. The molecule has 1 atom stereocenters. The van der Waals surface area contributed by atoms with Crippen LogP contribution in [0.2, 0.25) is 5.02 Å². The van der Waals surface area contributed by atoms with Gasteiger partial charge in [-0.05, 0) is 42.0 Å². The number of rotatable bonds is 3. The number of carbonyl (C=O) groups excluding carboxylic acids is 2. The normalized spacial score (nSPS) is 17.0. The maximum absolute atomic E-state index is 12.7. The number of Topliss-reactive ketones (excluding diaryl/α,β-unsaturated/α-hetero) is 1. The molecule has 0 saturated heterocycles. The molecular formula is C17H13ClN2O3. The van der Waals surface area contributed by atoms with Crippen LogP contribution in [0.3, 0.4) is 0 Å². The van der Waals surface area contributed by atoms with Crippen LogP contribution in [0.5, 0.6) is 5.75 Å². The van der Waals surface area contributed by atoms with Crippen LogP contribution >= 0.6 is 11.6 Å². The molecule has 0 bridgehead atoms. The predicted molar refractivity (Wildman–Crippen MR) is 86.4 cm³/mol. The van der Waals surface area contributed by atoms with Gasteiger partial charge in [0.2, 0.25) is 0 Å². The van der Waals surface area contributed by atoms with Gasteiger partial charge in [0, 0.05) is 22.4 Å². The second-order valence-corrected chi connectivity index (χ2v) is 5.51. The zero-order valence-corrected chi connectivity index (χ0v) is 12.7. The van der Waals surface area contributed by atoms with E-state index in [0.717, 1.165) is 0 Å². The number of amides is 2. The van der Waals surface area contributed by atoms with Crippen molar-refractivity contribution < 1.29 is 14.7 Å². The number of hydrogen-bond acceptors (Lipinski definition) is 3. The molecule has 6 heteroatoms. The van der Waals surface area contributed by atoms with Crippen molar-refractivity contribution in [3.63, 3.8) is 0 Å². The maximum Gasteiger partial charge on any atom is 0.319 e. The highest BCUT2D eigenvalue weighted by Gasteiger charge is 2.28. The predicted octanol–water partition coefficient (Wildman–Crippen LogP) is 3.17. The monoisotopic (exact) mass is 328 g/mol. The highest BCUT2D eigenvalue weighted by molar-refractivity contribution is 6.30. The van der Waals surface area contributed by atoms with Crippen LogP contribution in [0, 0.1) is 0 Å². The zero-order chi connectivity index (χ0) is 16.4. The third kappa shape index (κ3) is 3.19. The third-order valence-electron chi connectivity index (χ3n) is 3.54. The van der Waals surface area contributed by atoms with Crippen molar-refractivity contribution >= 4 is 23.4 Å². The summed E-state index contributed by atoms with van der Waals surface area (Å²) in [4.78, 5) is 24.3. The van der Waals surface area contributed by atoms with Crippen LogP contribution in [-0.4, -0.2) is 16.9 Å². The molecule has 3 N–H and O–H groups in total. The number of ketones is 1. The van der Waals surface area contributed by atoms with Crippen LogP contribution in [0.15, 0.2) is 60.3 Å². The van der Waals surface area contributed by atoms with Crippen molar-refractivity contribution in [3.05, 3.63) is 76.5 Å². The van der Waals surface area contributed by atoms with Crippen LogP contribution < -0.4 is 10.6 Å². The first-order valence-electron chi connectivity index (χ1n) is 6.91. The van der Waals surface area contributed by atoms with E-state index in [0.29, 0.717) is 21.7 Å². The van der Waals surface area contributed by atoms with Gasteiger partial charge in [-0.2, -0.15) is 0 Å². The first-order chi connectivity index (χ1) is 11.0. The lowest BCUT2D eigenvalue weighted by atomic mass is 9.92. The Morgan fingerprint density at radius 1 is 1.04 bits per heavy atom. The van der Waals surface area contributed by atoms with Crippen molar-refractivity contribution in [2.75, 3.05) is 0 Å². The van der Waals surface area contributed by atoms with Gasteiger partial charge in [0.1, 0.15) is 5.75 Å². The molecule has 0 fully saturated rings. The number of phenols is 1. The van der Waals surface area contributed by atoms with Gasteiger partial charge < -0.3 is 15.7 Å². The summed E-state index contributed by atoms with van der Waals surface area (Å²) >= 11 is 5.84. The molecule has 0 radical (unpaired) electrons. The zero-order valence-electron chi connectivity index (χ0n) is 11.9. The third-order valence-corrected chi connectivity index (χ3v) is 3.79. The van der Waals surface area contributed by atoms with Gasteiger partial charge in [-0.1, -0.05) is 23.7 Å². The standard InChI is InChI=1S/C17H13ClN2O3/c18-12-5-1-11(2-6-12)16(22)14-9-19-17(23)20-15(14)10-3-7-13(21)8-4-10/h1-9,15,21H,(H2,19,20,23). The molecular weight excluding hydrogens is 316 g/mol. The Morgan fingerprint density at radius 3 is 2.35 bits per heavy atom. The van der Waals surface area contributed by atoms with Gasteiger partial charge in [-0.15, -0.1) is 0 Å². The molecule has 1 unspecified atom stereocenters. The summed E-state index contributed by atoms with van der Waals surface area (Å²) in [5.74, 6) is -0.101. The van der Waals surface area contributed by atoms with Crippen molar-refractivity contribution in [1.29, 1.82) is 0 Å². The molecule has 0 saturated carbocycles. The van der Waals surface area contributed by atoms with Crippen LogP contribution in [0.1, 0.15) is 22.0 Å². The largest absolute Gasteiger partial charge is 0.508 e. The average Bonchev–Trinajstić information content (AvgIpc) is 2.55. The van der Waals surface area contributed by atoms with Crippen LogP contribution in [0.4, 0.5) is 4.79 Å². The number of halogens is 1. The lowest BCUT2D eigenvalue weighted by Crippen LogP contribution is -2.42. The van der Waals surface area contributed by atoms with E-state index in [4.69, 9.17) is 11.6 Å². The number of hydrogen-bond donors (Lipinski definition) is 3. The molecule has 1 heterocycles. The number of benzene rings is 2. The van der Waals surface area contributed by atoms with E-state index in [9.17, 15) is 14.7 Å². The van der Waals surface area contributed by atoms with E-state index in [2.05, 4.69) is 10.6 Å². The number of urea groups is 1. The average molecular weight is 329 g/mol. The molecule has 2 aromatic carbocycles. The Balaban J connectivity index is 1.97. The minimum Gasteiger partial charge on any atom is -0.508 e. The highest BCUT2D eigenvalue weighted by Crippen LogP contribution is 2.28. The Bertz CT molecular complexity index is 782. The topological polar surface area (TPSA) is 78.4 Å². The minimum absolute atomic E-state index is 0.114. The van der Waals surface area contributed by atoms with E-state index in [1.54, 1.807) is 36.4 Å². The van der Waals surface area contributed by atoms with Crippen molar-refractivity contribution in [3.8, 4) is 5.75 Å². The Morgan fingerprint density at radius 2 is 1.70 bits per heavy atom. The Kier molecular flexibility index (Phi) is 4.04. The molecule has 1 aliphatic heterocycles. The van der Waals surface area contributed by atoms with Gasteiger partial charge in [-0.3, -0.25) is 4.79 Å². The van der Waals surface area contributed by atoms with Crippen LogP contribution in [0.25, 0.3) is 0 Å². The second kappa shape index (κ2) is 6.14. The van der Waals surface area contributed by atoms with Gasteiger partial charge in [-0.25, -0.2) is 4.79 Å². The minimum atomic E-state index is -0.590. The van der Waals surface area contributed by atoms with E-state index in [-0.39, 0.29) is 11.5 Å². The lowest BCUT2D eigenvalue weighted by Gasteiger charge is -2.25. The molecule has 116 valence electrons. The highest BCUT2D eigenvalue weighted by atomic mass is 35.5. The van der Waals surface area contributed by atoms with Gasteiger partial charge in [0.25, 0.3) is 0 Å². The Hall–Kier alpha value is -2.79. The molecule has 0 aliphatic carbocycles. The molecule has 2 aromatic rings. The maximum atomic E-state index is 12.7. The van der Waals surface area contributed by atoms with Crippen molar-refractivity contribution in [1.82, 2.24) is 10.6 Å². The molecule has 1 aliphatic rings. The van der Waals surface area contributed by atoms with Crippen molar-refractivity contribution in [2.24, 2.45) is 0 Å². The fourth-order valence-electron chi connectivity index (χ4n) is 2.37. The molecule has 0 aromatic heterocycles. The summed E-state index contributed by atoms with van der Waals surface area (Å²) in [6, 6.07) is 11.9. The number of carbonyl (C=O) groups is 2. The summed E-state index contributed by atoms with van der Waals surface area (Å²) in [7, 11) is 0. The van der Waals surface area contributed by atoms with E-state index in [1.807, 2.05) is 0 Å². The molecule has 0 spiro atoms. The first kappa shape index (κ1) is 15.1. The van der Waals surface area contributed by atoms with Gasteiger partial charge in [0.15, 0.2) is 5.78 Å². The van der Waals surface area contributed by atoms with Gasteiger partial charge >= 0.3 is 6.03 Å². The Labute approximate surface area is 137 Å². The summed E-state index contributed by atoms with van der Waals surface area (Å²) in [5, 5.41) is 15.1. The number of phenolic OH excluding ortho intramolecular Hbond substituents is 1. The summed E-state index contributed by atoms with van der Waals surface area (Å²) < 4.78 is 0. The van der Waals surface area contributed by atoms with E-state index >= 15 is 0 Å². The fourth-order valence-corrected chi connectivity index (χ4v) is 2.50.